The lowest BCUT2D eigenvalue weighted by Crippen LogP contribution is -2.58. The van der Waals surface area contributed by atoms with E-state index in [2.05, 4.69) is 0 Å². The van der Waals surface area contributed by atoms with Crippen molar-refractivity contribution in [2.24, 2.45) is 0 Å². The van der Waals surface area contributed by atoms with Crippen molar-refractivity contribution in [1.29, 1.82) is 0 Å². The second kappa shape index (κ2) is 6.95. The van der Waals surface area contributed by atoms with Gasteiger partial charge >= 0.3 is 0 Å². The van der Waals surface area contributed by atoms with Crippen LogP contribution in [0.1, 0.15) is 12.5 Å². The van der Waals surface area contributed by atoms with Crippen molar-refractivity contribution >= 4 is 10.8 Å². The highest BCUT2D eigenvalue weighted by atomic mass is 16.6. The first-order valence-electron chi connectivity index (χ1n) is 7.82. The van der Waals surface area contributed by atoms with Gasteiger partial charge in [-0.3, -0.25) is 0 Å². The van der Waals surface area contributed by atoms with E-state index in [0.717, 1.165) is 16.3 Å². The molecule has 0 aromatic heterocycles. The number of aliphatic hydroxyl groups is 3. The third kappa shape index (κ3) is 3.39. The molecule has 1 saturated heterocycles. The van der Waals surface area contributed by atoms with Gasteiger partial charge in [-0.25, -0.2) is 0 Å². The molecule has 124 valence electrons. The van der Waals surface area contributed by atoms with Gasteiger partial charge in [0.25, 0.3) is 0 Å². The predicted molar refractivity (Wildman–Crippen MR) is 86.0 cm³/mol. The summed E-state index contributed by atoms with van der Waals surface area (Å²) in [5.74, 6) is 0. The van der Waals surface area contributed by atoms with Crippen molar-refractivity contribution in [3.05, 3.63) is 48.0 Å². The Balaban J connectivity index is 1.72. The van der Waals surface area contributed by atoms with Crippen LogP contribution in [0.2, 0.25) is 0 Å². The Bertz CT molecular complexity index is 659. The zero-order valence-electron chi connectivity index (χ0n) is 13.0. The number of benzene rings is 2. The minimum atomic E-state index is -1.06. The highest BCUT2D eigenvalue weighted by molar-refractivity contribution is 5.82. The zero-order valence-corrected chi connectivity index (χ0v) is 13.0. The van der Waals surface area contributed by atoms with Gasteiger partial charge in [0, 0.05) is 0 Å². The maximum atomic E-state index is 10.2. The Morgan fingerprint density at radius 3 is 2.52 bits per heavy atom. The third-order valence-electron chi connectivity index (χ3n) is 4.36. The highest BCUT2D eigenvalue weighted by Gasteiger charge is 2.43. The Kier molecular flexibility index (Phi) is 4.94. The molecule has 1 aliphatic heterocycles. The molecule has 0 spiro atoms. The molecule has 0 bridgehead atoms. The van der Waals surface area contributed by atoms with E-state index < -0.39 is 30.5 Å². The summed E-state index contributed by atoms with van der Waals surface area (Å²) < 4.78 is 11.1. The van der Waals surface area contributed by atoms with Crippen molar-refractivity contribution in [3.63, 3.8) is 0 Å². The number of hydrogen-bond acceptors (Lipinski definition) is 5. The number of rotatable bonds is 4. The van der Waals surface area contributed by atoms with Crippen molar-refractivity contribution < 1.29 is 24.8 Å². The van der Waals surface area contributed by atoms with Crippen LogP contribution in [-0.2, 0) is 16.1 Å². The van der Waals surface area contributed by atoms with Gasteiger partial charge in [-0.15, -0.1) is 0 Å². The maximum absolute atomic E-state index is 10.2. The van der Waals surface area contributed by atoms with Crippen LogP contribution in [0.4, 0.5) is 0 Å². The standard InChI is InChI=1S/C18H22O5/c1-11-16(20)18(17(21)15(9-19)23-11)22-10-12-6-7-13-4-2-3-5-14(13)8-12/h2-8,11,15-21H,9-10H2,1H3/t11-,15?,16?,17-,18+/m0/s1. The van der Waals surface area contributed by atoms with E-state index in [4.69, 9.17) is 9.47 Å². The van der Waals surface area contributed by atoms with Crippen LogP contribution in [0.15, 0.2) is 42.5 Å². The minimum absolute atomic E-state index is 0.272. The number of fused-ring (bicyclic) bond motifs is 1. The summed E-state index contributed by atoms with van der Waals surface area (Å²) >= 11 is 0. The Labute approximate surface area is 135 Å². The van der Waals surface area contributed by atoms with Crippen LogP contribution in [0.25, 0.3) is 10.8 Å². The summed E-state index contributed by atoms with van der Waals surface area (Å²) in [5.41, 5.74) is 0.961. The first-order chi connectivity index (χ1) is 11.1. The van der Waals surface area contributed by atoms with E-state index in [1.807, 2.05) is 42.5 Å². The average Bonchev–Trinajstić information content (AvgIpc) is 2.58. The lowest BCUT2D eigenvalue weighted by atomic mass is 9.95. The largest absolute Gasteiger partial charge is 0.394 e. The minimum Gasteiger partial charge on any atom is -0.394 e. The van der Waals surface area contributed by atoms with Crippen LogP contribution >= 0.6 is 0 Å². The van der Waals surface area contributed by atoms with Crippen molar-refractivity contribution in [2.75, 3.05) is 6.61 Å². The van der Waals surface area contributed by atoms with Crippen LogP contribution in [0.5, 0.6) is 0 Å². The van der Waals surface area contributed by atoms with Gasteiger partial charge in [0.15, 0.2) is 0 Å². The first-order valence-corrected chi connectivity index (χ1v) is 7.82. The summed E-state index contributed by atoms with van der Waals surface area (Å²) in [6, 6.07) is 14.0. The first kappa shape index (κ1) is 16.4. The van der Waals surface area contributed by atoms with Crippen LogP contribution in [-0.4, -0.2) is 52.4 Å². The van der Waals surface area contributed by atoms with Gasteiger partial charge in [-0.2, -0.15) is 0 Å². The van der Waals surface area contributed by atoms with E-state index in [0.29, 0.717) is 0 Å². The van der Waals surface area contributed by atoms with E-state index >= 15 is 0 Å². The summed E-state index contributed by atoms with van der Waals surface area (Å²) in [7, 11) is 0. The SMILES string of the molecule is C[C@@H]1OC(CO)[C@H](O)[C@H](OCc2ccc3ccccc3c2)C1O. The van der Waals surface area contributed by atoms with Gasteiger partial charge in [0.05, 0.1) is 19.3 Å². The van der Waals surface area contributed by atoms with E-state index in [-0.39, 0.29) is 13.2 Å². The number of ether oxygens (including phenoxy) is 2. The molecular formula is C18H22O5. The van der Waals surface area contributed by atoms with Crippen LogP contribution in [0, 0.1) is 0 Å². The van der Waals surface area contributed by atoms with Gasteiger partial charge in [0.1, 0.15) is 24.4 Å². The fraction of sp³-hybridized carbons (Fsp3) is 0.444. The van der Waals surface area contributed by atoms with Crippen LogP contribution in [0.3, 0.4) is 0 Å². The molecule has 1 fully saturated rings. The molecule has 5 heteroatoms. The van der Waals surface area contributed by atoms with Crippen molar-refractivity contribution in [2.45, 2.75) is 44.1 Å². The van der Waals surface area contributed by atoms with Gasteiger partial charge < -0.3 is 24.8 Å². The number of hydrogen-bond donors (Lipinski definition) is 3. The molecule has 0 aliphatic carbocycles. The zero-order chi connectivity index (χ0) is 16.4. The Hall–Kier alpha value is -1.50. The molecule has 23 heavy (non-hydrogen) atoms. The van der Waals surface area contributed by atoms with Gasteiger partial charge in [-0.05, 0) is 29.3 Å². The predicted octanol–water partition coefficient (Wildman–Crippen LogP) is 1.23. The molecule has 0 amide bonds. The van der Waals surface area contributed by atoms with E-state index in [9.17, 15) is 15.3 Å². The normalized spacial score (nSPS) is 31.4. The average molecular weight is 318 g/mol. The highest BCUT2D eigenvalue weighted by Crippen LogP contribution is 2.25. The monoisotopic (exact) mass is 318 g/mol. The summed E-state index contributed by atoms with van der Waals surface area (Å²) in [6.07, 6.45) is -4.03. The lowest BCUT2D eigenvalue weighted by Gasteiger charge is -2.41. The van der Waals surface area contributed by atoms with E-state index in [1.54, 1.807) is 6.92 Å². The second-order valence-electron chi connectivity index (χ2n) is 6.00. The molecule has 3 rings (SSSR count). The third-order valence-corrected chi connectivity index (χ3v) is 4.36. The molecule has 2 unspecified atom stereocenters. The fourth-order valence-corrected chi connectivity index (χ4v) is 2.99. The topological polar surface area (TPSA) is 79.2 Å². The van der Waals surface area contributed by atoms with Crippen molar-refractivity contribution in [1.82, 2.24) is 0 Å². The molecule has 0 radical (unpaired) electrons. The molecule has 3 N–H and O–H groups in total. The Morgan fingerprint density at radius 1 is 1.04 bits per heavy atom. The molecular weight excluding hydrogens is 296 g/mol. The smallest absolute Gasteiger partial charge is 0.115 e. The summed E-state index contributed by atoms with van der Waals surface area (Å²) in [6.45, 7) is 1.66. The summed E-state index contributed by atoms with van der Waals surface area (Å²) in [4.78, 5) is 0. The van der Waals surface area contributed by atoms with Crippen molar-refractivity contribution in [3.8, 4) is 0 Å². The van der Waals surface area contributed by atoms with Crippen LogP contribution < -0.4 is 0 Å². The lowest BCUT2D eigenvalue weighted by molar-refractivity contribution is -0.239. The Morgan fingerprint density at radius 2 is 1.78 bits per heavy atom. The van der Waals surface area contributed by atoms with Gasteiger partial charge in [-0.1, -0.05) is 36.4 Å². The quantitative estimate of drug-likeness (QED) is 0.790. The molecule has 5 atom stereocenters. The number of aliphatic hydroxyl groups excluding tert-OH is 3. The molecule has 1 heterocycles. The fourth-order valence-electron chi connectivity index (χ4n) is 2.99. The molecule has 5 nitrogen and oxygen atoms in total. The van der Waals surface area contributed by atoms with E-state index in [1.165, 1.54) is 0 Å². The second-order valence-corrected chi connectivity index (χ2v) is 6.00. The maximum Gasteiger partial charge on any atom is 0.115 e. The molecule has 0 saturated carbocycles. The van der Waals surface area contributed by atoms with Gasteiger partial charge in [0.2, 0.25) is 0 Å². The molecule has 2 aromatic rings. The molecule has 1 aliphatic rings. The molecule has 2 aromatic carbocycles. The summed E-state index contributed by atoms with van der Waals surface area (Å²) in [5, 5.41) is 31.9.